The van der Waals surface area contributed by atoms with Gasteiger partial charge in [-0.2, -0.15) is 0 Å². The van der Waals surface area contributed by atoms with Crippen molar-refractivity contribution >= 4 is 11.0 Å². The summed E-state index contributed by atoms with van der Waals surface area (Å²) in [7, 11) is 4.19. The van der Waals surface area contributed by atoms with Crippen LogP contribution in [0.4, 0.5) is 0 Å². The maximum Gasteiger partial charge on any atom is 0.0958 e. The van der Waals surface area contributed by atoms with Gasteiger partial charge in [0.1, 0.15) is 0 Å². The number of aryl methyl sites for hydroxylation is 2. The lowest BCUT2D eigenvalue weighted by atomic mass is 10.1. The van der Waals surface area contributed by atoms with E-state index in [9.17, 15) is 0 Å². The fraction of sp³-hybridized carbons (Fsp3) is 0.533. The molecule has 2 rings (SSSR count). The molecule has 0 radical (unpaired) electrons. The smallest absolute Gasteiger partial charge is 0.0958 e. The van der Waals surface area contributed by atoms with Crippen LogP contribution in [-0.4, -0.2) is 48.2 Å². The van der Waals surface area contributed by atoms with Crippen LogP contribution in [0.1, 0.15) is 11.1 Å². The van der Waals surface area contributed by atoms with Gasteiger partial charge in [-0.05, 0) is 51.2 Å². The Morgan fingerprint density at radius 3 is 2.63 bits per heavy atom. The highest BCUT2D eigenvalue weighted by Gasteiger charge is 2.04. The van der Waals surface area contributed by atoms with E-state index in [0.29, 0.717) is 0 Å². The number of likely N-dealkylation sites (N-methyl/N-ethyl adjacent to an activating group) is 1. The molecule has 0 aliphatic carbocycles. The molecular formula is C15H24N4. The molecule has 104 valence electrons. The molecule has 0 fully saturated rings. The molecule has 0 amide bonds. The molecule has 4 nitrogen and oxygen atoms in total. The van der Waals surface area contributed by atoms with Crippen molar-refractivity contribution in [3.05, 3.63) is 29.6 Å². The first kappa shape index (κ1) is 14.0. The number of benzene rings is 1. The molecule has 4 heteroatoms. The van der Waals surface area contributed by atoms with Crippen LogP contribution < -0.4 is 5.32 Å². The van der Waals surface area contributed by atoms with Crippen molar-refractivity contribution in [1.82, 2.24) is 19.8 Å². The highest BCUT2D eigenvalue weighted by molar-refractivity contribution is 5.77. The quantitative estimate of drug-likeness (QED) is 0.804. The summed E-state index contributed by atoms with van der Waals surface area (Å²) in [5, 5.41) is 3.46. The van der Waals surface area contributed by atoms with E-state index in [1.54, 1.807) is 0 Å². The van der Waals surface area contributed by atoms with Gasteiger partial charge in [-0.3, -0.25) is 0 Å². The lowest BCUT2D eigenvalue weighted by Gasteiger charge is -2.11. The van der Waals surface area contributed by atoms with Crippen LogP contribution in [0.5, 0.6) is 0 Å². The van der Waals surface area contributed by atoms with Crippen molar-refractivity contribution < 1.29 is 0 Å². The third kappa shape index (κ3) is 3.55. The molecule has 0 saturated carbocycles. The monoisotopic (exact) mass is 260 g/mol. The van der Waals surface area contributed by atoms with Crippen molar-refractivity contribution in [2.75, 3.05) is 33.7 Å². The second kappa shape index (κ2) is 6.17. The summed E-state index contributed by atoms with van der Waals surface area (Å²) in [6.45, 7) is 8.33. The Labute approximate surface area is 115 Å². The molecule has 0 aliphatic heterocycles. The fourth-order valence-corrected chi connectivity index (χ4v) is 2.12. The van der Waals surface area contributed by atoms with Crippen LogP contribution in [0.3, 0.4) is 0 Å². The Morgan fingerprint density at radius 1 is 1.16 bits per heavy atom. The number of aromatic nitrogens is 2. The molecule has 0 saturated heterocycles. The number of rotatable bonds is 6. The summed E-state index contributed by atoms with van der Waals surface area (Å²) < 4.78 is 2.23. The standard InChI is InChI=1S/C15H24N4/c1-12-9-14-15(10-13(12)2)19(11-17-14)8-6-16-5-7-18(3)4/h9-11,16H,5-8H2,1-4H3. The zero-order chi connectivity index (χ0) is 13.8. The van der Waals surface area contributed by atoms with Crippen LogP contribution >= 0.6 is 0 Å². The highest BCUT2D eigenvalue weighted by Crippen LogP contribution is 2.17. The van der Waals surface area contributed by atoms with Crippen LogP contribution in [0.15, 0.2) is 18.5 Å². The zero-order valence-corrected chi connectivity index (χ0v) is 12.4. The first-order chi connectivity index (χ1) is 9.08. The number of hydrogen-bond acceptors (Lipinski definition) is 3. The number of imidazole rings is 1. The van der Waals surface area contributed by atoms with Crippen LogP contribution in [0, 0.1) is 13.8 Å². The summed E-state index contributed by atoms with van der Waals surface area (Å²) in [4.78, 5) is 6.66. The van der Waals surface area contributed by atoms with E-state index in [-0.39, 0.29) is 0 Å². The molecule has 0 unspecified atom stereocenters. The van der Waals surface area contributed by atoms with Crippen molar-refractivity contribution in [3.63, 3.8) is 0 Å². The third-order valence-electron chi connectivity index (χ3n) is 3.50. The van der Waals surface area contributed by atoms with E-state index in [1.165, 1.54) is 16.6 Å². The molecule has 0 spiro atoms. The Bertz CT molecular complexity index is 542. The zero-order valence-electron chi connectivity index (χ0n) is 12.4. The van der Waals surface area contributed by atoms with Gasteiger partial charge in [0.05, 0.1) is 17.4 Å². The van der Waals surface area contributed by atoms with Gasteiger partial charge in [-0.15, -0.1) is 0 Å². The summed E-state index contributed by atoms with van der Waals surface area (Å²) in [6.07, 6.45) is 1.94. The second-order valence-corrected chi connectivity index (χ2v) is 5.42. The van der Waals surface area contributed by atoms with E-state index < -0.39 is 0 Å². The predicted octanol–water partition coefficient (Wildman–Crippen LogP) is 1.80. The Morgan fingerprint density at radius 2 is 1.89 bits per heavy atom. The molecule has 1 aromatic heterocycles. The Hall–Kier alpha value is -1.39. The molecule has 0 bridgehead atoms. The number of hydrogen-bond donors (Lipinski definition) is 1. The number of nitrogens with one attached hydrogen (secondary N) is 1. The minimum atomic E-state index is 0.965. The van der Waals surface area contributed by atoms with Gasteiger partial charge in [0, 0.05) is 26.2 Å². The van der Waals surface area contributed by atoms with E-state index in [4.69, 9.17) is 0 Å². The Kier molecular flexibility index (Phi) is 4.56. The summed E-state index contributed by atoms with van der Waals surface area (Å²) in [5.41, 5.74) is 4.96. The summed E-state index contributed by atoms with van der Waals surface area (Å²) in [6, 6.07) is 4.40. The molecule has 2 aromatic rings. The minimum Gasteiger partial charge on any atom is -0.329 e. The van der Waals surface area contributed by atoms with Crippen LogP contribution in [0.25, 0.3) is 11.0 Å². The molecule has 1 aromatic carbocycles. The van der Waals surface area contributed by atoms with Gasteiger partial charge in [-0.25, -0.2) is 4.98 Å². The lowest BCUT2D eigenvalue weighted by Crippen LogP contribution is -2.28. The first-order valence-corrected chi connectivity index (χ1v) is 6.85. The van der Waals surface area contributed by atoms with E-state index in [0.717, 1.165) is 31.7 Å². The van der Waals surface area contributed by atoms with Gasteiger partial charge >= 0.3 is 0 Å². The average molecular weight is 260 g/mol. The van der Waals surface area contributed by atoms with Crippen molar-refractivity contribution in [1.29, 1.82) is 0 Å². The van der Waals surface area contributed by atoms with E-state index >= 15 is 0 Å². The third-order valence-corrected chi connectivity index (χ3v) is 3.50. The van der Waals surface area contributed by atoms with E-state index in [2.05, 4.69) is 59.8 Å². The fourth-order valence-electron chi connectivity index (χ4n) is 2.12. The van der Waals surface area contributed by atoms with Gasteiger partial charge in [0.15, 0.2) is 0 Å². The summed E-state index contributed by atoms with van der Waals surface area (Å²) in [5.74, 6) is 0. The average Bonchev–Trinajstić information content (AvgIpc) is 2.72. The Balaban J connectivity index is 1.96. The lowest BCUT2D eigenvalue weighted by molar-refractivity contribution is 0.398. The maximum absolute atomic E-state index is 4.47. The largest absolute Gasteiger partial charge is 0.329 e. The predicted molar refractivity (Wildman–Crippen MR) is 80.6 cm³/mol. The van der Waals surface area contributed by atoms with Crippen molar-refractivity contribution in [3.8, 4) is 0 Å². The van der Waals surface area contributed by atoms with Gasteiger partial charge in [-0.1, -0.05) is 0 Å². The molecule has 0 atom stereocenters. The minimum absolute atomic E-state index is 0.965. The molecule has 19 heavy (non-hydrogen) atoms. The number of nitrogens with zero attached hydrogens (tertiary/aromatic N) is 3. The van der Waals surface area contributed by atoms with E-state index in [1.807, 2.05) is 6.33 Å². The maximum atomic E-state index is 4.47. The first-order valence-electron chi connectivity index (χ1n) is 6.85. The van der Waals surface area contributed by atoms with Gasteiger partial charge in [0.25, 0.3) is 0 Å². The SMILES string of the molecule is Cc1cc2ncn(CCNCCN(C)C)c2cc1C. The van der Waals surface area contributed by atoms with Crippen molar-refractivity contribution in [2.45, 2.75) is 20.4 Å². The highest BCUT2D eigenvalue weighted by atomic mass is 15.1. The topological polar surface area (TPSA) is 33.1 Å². The van der Waals surface area contributed by atoms with Gasteiger partial charge in [0.2, 0.25) is 0 Å². The van der Waals surface area contributed by atoms with Crippen molar-refractivity contribution in [2.24, 2.45) is 0 Å². The van der Waals surface area contributed by atoms with Crippen LogP contribution in [-0.2, 0) is 6.54 Å². The molecular weight excluding hydrogens is 236 g/mol. The molecule has 1 N–H and O–H groups in total. The van der Waals surface area contributed by atoms with Crippen LogP contribution in [0.2, 0.25) is 0 Å². The molecule has 0 aliphatic rings. The van der Waals surface area contributed by atoms with Gasteiger partial charge < -0.3 is 14.8 Å². The second-order valence-electron chi connectivity index (χ2n) is 5.42. The normalized spacial score (nSPS) is 11.6. The number of fused-ring (bicyclic) bond motifs is 1. The summed E-state index contributed by atoms with van der Waals surface area (Å²) >= 11 is 0. The molecule has 1 heterocycles.